The summed E-state index contributed by atoms with van der Waals surface area (Å²) in [5, 5.41) is 2.95. The summed E-state index contributed by atoms with van der Waals surface area (Å²) < 4.78 is 10.9. The molecule has 0 saturated carbocycles. The number of nitrogens with zero attached hydrogens (tertiary/aromatic N) is 1. The number of carbonyl (C=O) groups excluding carboxylic acids is 1. The molecule has 1 amide bonds. The van der Waals surface area contributed by atoms with Crippen LogP contribution >= 0.6 is 0 Å². The second kappa shape index (κ2) is 6.52. The molecule has 1 aromatic heterocycles. The van der Waals surface area contributed by atoms with Crippen LogP contribution in [0, 0.1) is 0 Å². The van der Waals surface area contributed by atoms with Crippen LogP contribution < -0.4 is 10.1 Å². The highest BCUT2D eigenvalue weighted by molar-refractivity contribution is 5.96. The molecular weight excluding hydrogens is 244 g/mol. The summed E-state index contributed by atoms with van der Waals surface area (Å²) in [6.45, 7) is 5.09. The van der Waals surface area contributed by atoms with Crippen molar-refractivity contribution in [3.8, 4) is 5.88 Å². The Hall–Kier alpha value is -1.62. The van der Waals surface area contributed by atoms with Gasteiger partial charge in [0.1, 0.15) is 5.56 Å². The number of aromatic nitrogens is 1. The Morgan fingerprint density at radius 3 is 3.21 bits per heavy atom. The zero-order chi connectivity index (χ0) is 13.7. The second-order valence-corrected chi connectivity index (χ2v) is 4.60. The van der Waals surface area contributed by atoms with Gasteiger partial charge in [-0.25, -0.2) is 4.98 Å². The molecule has 1 aromatic rings. The molecule has 0 bridgehead atoms. The first kappa shape index (κ1) is 13.8. The Balaban J connectivity index is 2.02. The minimum atomic E-state index is -0.167. The van der Waals surface area contributed by atoms with Gasteiger partial charge in [0, 0.05) is 12.8 Å². The van der Waals surface area contributed by atoms with Gasteiger partial charge in [-0.2, -0.15) is 0 Å². The van der Waals surface area contributed by atoms with E-state index in [1.165, 1.54) is 0 Å². The number of nitrogens with one attached hydrogen (secondary N) is 1. The monoisotopic (exact) mass is 264 g/mol. The molecule has 1 aliphatic rings. The van der Waals surface area contributed by atoms with Crippen LogP contribution in [0.4, 0.5) is 0 Å². The molecule has 0 aromatic carbocycles. The Morgan fingerprint density at radius 1 is 1.68 bits per heavy atom. The minimum Gasteiger partial charge on any atom is -0.477 e. The Bertz CT molecular complexity index is 430. The average Bonchev–Trinajstić information content (AvgIpc) is 2.93. The summed E-state index contributed by atoms with van der Waals surface area (Å²) in [7, 11) is 0. The molecule has 2 rings (SSSR count). The molecule has 0 aliphatic carbocycles. The number of rotatable bonds is 5. The van der Waals surface area contributed by atoms with Crippen LogP contribution in [0.2, 0.25) is 0 Å². The highest BCUT2D eigenvalue weighted by Crippen LogP contribution is 2.18. The van der Waals surface area contributed by atoms with E-state index < -0.39 is 0 Å². The number of amides is 1. The Morgan fingerprint density at radius 2 is 2.53 bits per heavy atom. The predicted octanol–water partition coefficient (Wildman–Crippen LogP) is 1.78. The number of ether oxygens (including phenoxy) is 2. The summed E-state index contributed by atoms with van der Waals surface area (Å²) >= 11 is 0. The largest absolute Gasteiger partial charge is 0.477 e. The van der Waals surface area contributed by atoms with Gasteiger partial charge < -0.3 is 14.8 Å². The molecule has 0 spiro atoms. The predicted molar refractivity (Wildman–Crippen MR) is 71.3 cm³/mol. The molecule has 1 fully saturated rings. The quantitative estimate of drug-likeness (QED) is 0.880. The fraction of sp³-hybridized carbons (Fsp3) is 0.571. The molecule has 0 radical (unpaired) electrons. The van der Waals surface area contributed by atoms with Crippen molar-refractivity contribution in [2.75, 3.05) is 13.2 Å². The van der Waals surface area contributed by atoms with Crippen LogP contribution in [0.5, 0.6) is 5.88 Å². The van der Waals surface area contributed by atoms with Crippen molar-refractivity contribution < 1.29 is 14.3 Å². The molecule has 1 aliphatic heterocycles. The van der Waals surface area contributed by atoms with E-state index in [-0.39, 0.29) is 18.1 Å². The number of hydrogen-bond acceptors (Lipinski definition) is 4. The molecule has 2 heterocycles. The normalized spacial score (nSPS) is 20.0. The smallest absolute Gasteiger partial charge is 0.257 e. The summed E-state index contributed by atoms with van der Waals surface area (Å²) in [6, 6.07) is 3.44. The maximum Gasteiger partial charge on any atom is 0.257 e. The summed E-state index contributed by atoms with van der Waals surface area (Å²) in [5.74, 6) is 0.210. The fourth-order valence-electron chi connectivity index (χ4n) is 2.19. The van der Waals surface area contributed by atoms with E-state index in [9.17, 15) is 4.79 Å². The van der Waals surface area contributed by atoms with Crippen LogP contribution in [0.1, 0.15) is 37.0 Å². The van der Waals surface area contributed by atoms with Crippen molar-refractivity contribution in [3.63, 3.8) is 0 Å². The van der Waals surface area contributed by atoms with E-state index in [0.29, 0.717) is 18.1 Å². The van der Waals surface area contributed by atoms with Gasteiger partial charge in [-0.05, 0) is 38.8 Å². The minimum absolute atomic E-state index is 0.00955. The van der Waals surface area contributed by atoms with Crippen LogP contribution in [0.25, 0.3) is 0 Å². The highest BCUT2D eigenvalue weighted by atomic mass is 16.5. The third-order valence-electron chi connectivity index (χ3n) is 3.18. The maximum atomic E-state index is 12.2. The topological polar surface area (TPSA) is 60.5 Å². The highest BCUT2D eigenvalue weighted by Gasteiger charge is 2.25. The van der Waals surface area contributed by atoms with Gasteiger partial charge in [0.2, 0.25) is 5.88 Å². The molecular formula is C14H20N2O3. The van der Waals surface area contributed by atoms with Crippen molar-refractivity contribution in [2.24, 2.45) is 0 Å². The SMILES string of the molecule is CCOc1ncccc1C(=O)N[C@H](C)[C@H]1CCCO1. The second-order valence-electron chi connectivity index (χ2n) is 4.60. The average molecular weight is 264 g/mol. The maximum absolute atomic E-state index is 12.2. The molecule has 19 heavy (non-hydrogen) atoms. The molecule has 5 nitrogen and oxygen atoms in total. The lowest BCUT2D eigenvalue weighted by Gasteiger charge is -2.20. The van der Waals surface area contributed by atoms with E-state index in [1.807, 2.05) is 13.8 Å². The third-order valence-corrected chi connectivity index (χ3v) is 3.18. The summed E-state index contributed by atoms with van der Waals surface area (Å²) in [5.41, 5.74) is 0.467. The number of pyridine rings is 1. The van der Waals surface area contributed by atoms with Gasteiger partial charge in [-0.1, -0.05) is 0 Å². The van der Waals surface area contributed by atoms with Crippen LogP contribution in [0.3, 0.4) is 0 Å². The first-order valence-corrected chi connectivity index (χ1v) is 6.72. The Kier molecular flexibility index (Phi) is 4.74. The van der Waals surface area contributed by atoms with Crippen LogP contribution in [0.15, 0.2) is 18.3 Å². The molecule has 0 unspecified atom stereocenters. The third kappa shape index (κ3) is 3.44. The van der Waals surface area contributed by atoms with Gasteiger partial charge >= 0.3 is 0 Å². The van der Waals surface area contributed by atoms with Crippen molar-refractivity contribution in [1.82, 2.24) is 10.3 Å². The molecule has 5 heteroatoms. The lowest BCUT2D eigenvalue weighted by atomic mass is 10.1. The van der Waals surface area contributed by atoms with Crippen molar-refractivity contribution in [3.05, 3.63) is 23.9 Å². The molecule has 1 saturated heterocycles. The summed E-state index contributed by atoms with van der Waals surface area (Å²) in [4.78, 5) is 16.3. The standard InChI is InChI=1S/C14H20N2O3/c1-3-18-14-11(6-4-8-15-14)13(17)16-10(2)12-7-5-9-19-12/h4,6,8,10,12H,3,5,7,9H2,1-2H3,(H,16,17)/t10-,12-/m1/s1. The lowest BCUT2D eigenvalue weighted by Crippen LogP contribution is -2.41. The van der Waals surface area contributed by atoms with E-state index in [2.05, 4.69) is 10.3 Å². The first-order valence-electron chi connectivity index (χ1n) is 6.72. The van der Waals surface area contributed by atoms with Gasteiger partial charge in [-0.3, -0.25) is 4.79 Å². The number of hydrogen-bond donors (Lipinski definition) is 1. The molecule has 104 valence electrons. The Labute approximate surface area is 113 Å². The number of carbonyl (C=O) groups is 1. The zero-order valence-electron chi connectivity index (χ0n) is 11.4. The van der Waals surface area contributed by atoms with E-state index in [0.717, 1.165) is 19.4 Å². The van der Waals surface area contributed by atoms with Crippen molar-refractivity contribution >= 4 is 5.91 Å². The van der Waals surface area contributed by atoms with E-state index in [1.54, 1.807) is 18.3 Å². The van der Waals surface area contributed by atoms with Crippen LogP contribution in [-0.4, -0.2) is 36.3 Å². The summed E-state index contributed by atoms with van der Waals surface area (Å²) in [6.07, 6.45) is 3.77. The van der Waals surface area contributed by atoms with Gasteiger partial charge in [0.15, 0.2) is 0 Å². The first-order chi connectivity index (χ1) is 9.22. The van der Waals surface area contributed by atoms with Gasteiger partial charge in [0.25, 0.3) is 5.91 Å². The van der Waals surface area contributed by atoms with Crippen molar-refractivity contribution in [1.29, 1.82) is 0 Å². The van der Waals surface area contributed by atoms with Gasteiger partial charge in [-0.15, -0.1) is 0 Å². The van der Waals surface area contributed by atoms with E-state index >= 15 is 0 Å². The molecule has 2 atom stereocenters. The lowest BCUT2D eigenvalue weighted by molar-refractivity contribution is 0.0710. The van der Waals surface area contributed by atoms with Crippen LogP contribution in [-0.2, 0) is 4.74 Å². The van der Waals surface area contributed by atoms with Crippen molar-refractivity contribution in [2.45, 2.75) is 38.8 Å². The van der Waals surface area contributed by atoms with E-state index in [4.69, 9.17) is 9.47 Å². The van der Waals surface area contributed by atoms with Gasteiger partial charge in [0.05, 0.1) is 18.8 Å². The molecule has 1 N–H and O–H groups in total. The fourth-order valence-corrected chi connectivity index (χ4v) is 2.19. The zero-order valence-corrected chi connectivity index (χ0v) is 11.4.